The summed E-state index contributed by atoms with van der Waals surface area (Å²) >= 11 is 0. The number of hydrogen-bond acceptors (Lipinski definition) is 3. The average molecular weight is 258 g/mol. The van der Waals surface area contributed by atoms with Crippen LogP contribution in [-0.2, 0) is 16.1 Å². The van der Waals surface area contributed by atoms with Crippen LogP contribution in [0.3, 0.4) is 0 Å². The molecule has 1 saturated carbocycles. The second-order valence-corrected chi connectivity index (χ2v) is 5.67. The molecule has 0 spiro atoms. The number of nitrogens with zero attached hydrogens (tertiary/aromatic N) is 1. The smallest absolute Gasteiger partial charge is 0.237 e. The second-order valence-electron chi connectivity index (χ2n) is 5.67. The molecule has 1 aromatic rings. The van der Waals surface area contributed by atoms with E-state index in [0.717, 1.165) is 18.4 Å². The largest absolute Gasteiger partial charge is 0.326 e. The predicted octanol–water partition coefficient (Wildman–Crippen LogP) is 1.68. The summed E-state index contributed by atoms with van der Waals surface area (Å²) in [5, 5.41) is 0. The van der Waals surface area contributed by atoms with Gasteiger partial charge in [-0.15, -0.1) is 0 Å². The monoisotopic (exact) mass is 258 g/mol. The van der Waals surface area contributed by atoms with Gasteiger partial charge in [0.05, 0.1) is 17.5 Å². The molecule has 2 unspecified atom stereocenters. The first-order chi connectivity index (χ1) is 9.11. The van der Waals surface area contributed by atoms with Crippen molar-refractivity contribution in [2.75, 3.05) is 4.90 Å². The minimum atomic E-state index is -0.100. The Morgan fingerprint density at radius 2 is 1.63 bits per heavy atom. The lowest BCUT2D eigenvalue weighted by atomic mass is 10.00. The molecule has 1 aliphatic heterocycles. The quantitative estimate of drug-likeness (QED) is 0.821. The van der Waals surface area contributed by atoms with Crippen LogP contribution in [0.1, 0.15) is 25.3 Å². The van der Waals surface area contributed by atoms with Crippen LogP contribution < -0.4 is 10.6 Å². The molecule has 1 aliphatic carbocycles. The third-order valence-corrected chi connectivity index (χ3v) is 4.30. The van der Waals surface area contributed by atoms with E-state index in [9.17, 15) is 9.59 Å². The highest BCUT2D eigenvalue weighted by Gasteiger charge is 2.52. The van der Waals surface area contributed by atoms with E-state index in [4.69, 9.17) is 5.73 Å². The summed E-state index contributed by atoms with van der Waals surface area (Å²) in [6.07, 6.45) is 1.68. The van der Waals surface area contributed by atoms with Gasteiger partial charge < -0.3 is 5.73 Å². The second kappa shape index (κ2) is 4.46. The number of carbonyl (C=O) groups is 2. The number of hydrogen-bond donors (Lipinski definition) is 1. The molecule has 19 heavy (non-hydrogen) atoms. The molecule has 4 nitrogen and oxygen atoms in total. The summed E-state index contributed by atoms with van der Waals surface area (Å²) in [5.74, 6) is 0.220. The Hall–Kier alpha value is -1.68. The Morgan fingerprint density at radius 3 is 2.11 bits per heavy atom. The minimum Gasteiger partial charge on any atom is -0.326 e. The van der Waals surface area contributed by atoms with Gasteiger partial charge in [-0.2, -0.15) is 0 Å². The van der Waals surface area contributed by atoms with Crippen LogP contribution in [0, 0.1) is 17.8 Å². The van der Waals surface area contributed by atoms with E-state index in [1.54, 1.807) is 0 Å². The number of nitrogens with two attached hydrogens (primary N) is 1. The Labute approximate surface area is 112 Å². The van der Waals surface area contributed by atoms with Crippen molar-refractivity contribution in [3.63, 3.8) is 0 Å². The number of anilines is 1. The van der Waals surface area contributed by atoms with E-state index in [0.29, 0.717) is 18.2 Å². The van der Waals surface area contributed by atoms with Gasteiger partial charge in [-0.3, -0.25) is 14.5 Å². The molecule has 2 N–H and O–H groups in total. The molecule has 2 atom stereocenters. The average Bonchev–Trinajstić information content (AvgIpc) is 2.90. The molecular formula is C15H18N2O2. The first-order valence-electron chi connectivity index (χ1n) is 6.78. The highest BCUT2D eigenvalue weighted by atomic mass is 16.2. The number of fused-ring (bicyclic) bond motifs is 1. The molecule has 0 bridgehead atoms. The van der Waals surface area contributed by atoms with Crippen LogP contribution in [0.5, 0.6) is 0 Å². The first kappa shape index (κ1) is 12.4. The maximum atomic E-state index is 12.4. The van der Waals surface area contributed by atoms with E-state index < -0.39 is 0 Å². The highest BCUT2D eigenvalue weighted by molar-refractivity contribution is 6.22. The normalized spacial score (nSPS) is 30.0. The van der Waals surface area contributed by atoms with Gasteiger partial charge >= 0.3 is 0 Å². The van der Waals surface area contributed by atoms with Crippen LogP contribution in [0.15, 0.2) is 24.3 Å². The third kappa shape index (κ3) is 1.87. The van der Waals surface area contributed by atoms with Crippen molar-refractivity contribution < 1.29 is 9.59 Å². The topological polar surface area (TPSA) is 63.4 Å². The fourth-order valence-corrected chi connectivity index (χ4v) is 3.31. The summed E-state index contributed by atoms with van der Waals surface area (Å²) in [5.41, 5.74) is 7.22. The summed E-state index contributed by atoms with van der Waals surface area (Å²) in [6.45, 7) is 2.57. The van der Waals surface area contributed by atoms with Gasteiger partial charge in [-0.05, 0) is 36.5 Å². The molecular weight excluding hydrogens is 240 g/mol. The van der Waals surface area contributed by atoms with E-state index in [1.165, 1.54) is 4.90 Å². The van der Waals surface area contributed by atoms with Crippen molar-refractivity contribution in [1.82, 2.24) is 0 Å². The Morgan fingerprint density at radius 1 is 1.11 bits per heavy atom. The van der Waals surface area contributed by atoms with Crippen LogP contribution in [0.4, 0.5) is 5.69 Å². The lowest BCUT2D eigenvalue weighted by Crippen LogP contribution is -2.32. The Bertz CT molecular complexity index is 499. The molecule has 3 rings (SSSR count). The summed E-state index contributed by atoms with van der Waals surface area (Å²) in [4.78, 5) is 26.1. The maximum absolute atomic E-state index is 12.4. The fraction of sp³-hybridized carbons (Fsp3) is 0.467. The fourth-order valence-electron chi connectivity index (χ4n) is 3.31. The number of imide groups is 1. The van der Waals surface area contributed by atoms with Crippen molar-refractivity contribution in [2.24, 2.45) is 23.5 Å². The number of amides is 2. The van der Waals surface area contributed by atoms with Crippen molar-refractivity contribution in [1.29, 1.82) is 0 Å². The lowest BCUT2D eigenvalue weighted by Gasteiger charge is -2.17. The van der Waals surface area contributed by atoms with Crippen LogP contribution in [0.2, 0.25) is 0 Å². The van der Waals surface area contributed by atoms with Gasteiger partial charge in [0, 0.05) is 6.54 Å². The molecule has 100 valence electrons. The molecule has 2 amide bonds. The zero-order valence-corrected chi connectivity index (χ0v) is 11.0. The molecule has 2 aliphatic rings. The van der Waals surface area contributed by atoms with Crippen molar-refractivity contribution >= 4 is 17.5 Å². The maximum Gasteiger partial charge on any atom is 0.237 e. The number of benzene rings is 1. The van der Waals surface area contributed by atoms with E-state index >= 15 is 0 Å². The van der Waals surface area contributed by atoms with Crippen molar-refractivity contribution in [3.05, 3.63) is 29.8 Å². The number of rotatable bonds is 2. The summed E-state index contributed by atoms with van der Waals surface area (Å²) in [6, 6.07) is 7.35. The van der Waals surface area contributed by atoms with Gasteiger partial charge in [0.15, 0.2) is 0 Å². The molecule has 1 heterocycles. The van der Waals surface area contributed by atoms with E-state index in [-0.39, 0.29) is 23.7 Å². The van der Waals surface area contributed by atoms with Crippen molar-refractivity contribution in [2.45, 2.75) is 26.3 Å². The molecule has 4 heteroatoms. The molecule has 1 aromatic carbocycles. The molecule has 1 saturated heterocycles. The van der Waals surface area contributed by atoms with Crippen LogP contribution >= 0.6 is 0 Å². The van der Waals surface area contributed by atoms with Gasteiger partial charge in [-0.25, -0.2) is 0 Å². The van der Waals surface area contributed by atoms with Crippen molar-refractivity contribution in [3.8, 4) is 0 Å². The number of carbonyl (C=O) groups excluding carboxylic acids is 2. The third-order valence-electron chi connectivity index (χ3n) is 4.30. The van der Waals surface area contributed by atoms with E-state index in [1.807, 2.05) is 24.3 Å². The van der Waals surface area contributed by atoms with Gasteiger partial charge in [0.2, 0.25) is 11.8 Å². The first-order valence-corrected chi connectivity index (χ1v) is 6.78. The lowest BCUT2D eigenvalue weighted by molar-refractivity contribution is -0.123. The molecule has 0 radical (unpaired) electrons. The molecule has 2 fully saturated rings. The standard InChI is InChI=1S/C15H18N2O2/c1-9-6-12-13(7-9)15(19)17(14(12)18)11-4-2-10(8-16)3-5-11/h2-5,9,12-13H,6-8,16H2,1H3. The molecule has 0 aromatic heterocycles. The zero-order chi connectivity index (χ0) is 13.6. The summed E-state index contributed by atoms with van der Waals surface area (Å²) < 4.78 is 0. The zero-order valence-electron chi connectivity index (χ0n) is 11.0. The van der Waals surface area contributed by atoms with Gasteiger partial charge in [-0.1, -0.05) is 19.1 Å². The van der Waals surface area contributed by atoms with Gasteiger partial charge in [0.1, 0.15) is 0 Å². The van der Waals surface area contributed by atoms with Crippen LogP contribution in [0.25, 0.3) is 0 Å². The van der Waals surface area contributed by atoms with Crippen LogP contribution in [-0.4, -0.2) is 11.8 Å². The minimum absolute atomic E-state index is 0.0279. The predicted molar refractivity (Wildman–Crippen MR) is 72.2 cm³/mol. The highest BCUT2D eigenvalue weighted by Crippen LogP contribution is 2.44. The van der Waals surface area contributed by atoms with E-state index in [2.05, 4.69) is 6.92 Å². The Balaban J connectivity index is 1.89. The summed E-state index contributed by atoms with van der Waals surface area (Å²) in [7, 11) is 0. The Kier molecular flexibility index (Phi) is 2.90. The SMILES string of the molecule is CC1CC2C(=O)N(c3ccc(CN)cc3)C(=O)C2C1. The van der Waals surface area contributed by atoms with Gasteiger partial charge in [0.25, 0.3) is 0 Å².